The summed E-state index contributed by atoms with van der Waals surface area (Å²) in [6, 6.07) is 13.5. The van der Waals surface area contributed by atoms with Gasteiger partial charge in [-0.25, -0.2) is 0 Å². The zero-order valence-electron chi connectivity index (χ0n) is 21.6. The number of phenols is 1. The van der Waals surface area contributed by atoms with E-state index in [0.717, 1.165) is 23.1 Å². The molecule has 2 aromatic rings. The van der Waals surface area contributed by atoms with Crippen molar-refractivity contribution in [2.45, 2.75) is 77.4 Å². The number of methoxy groups -OCH3 is 1. The summed E-state index contributed by atoms with van der Waals surface area (Å²) >= 11 is 0. The number of benzene rings is 2. The standard InChI is InChI=1S/C27H41NO5Si/c1-19(13-20-9-8-10-21(14-20)15-26(31)32-5)28-17-25(33-34(6,7)27(2,3)4)22-11-12-24(30)23(16-22)18-29/h8-12,14,16,19,25,28-30H,13,15,17-18H2,1-7H3/t19-,25+/m1/s1. The van der Waals surface area contributed by atoms with Crippen LogP contribution in [0.4, 0.5) is 0 Å². The summed E-state index contributed by atoms with van der Waals surface area (Å²) < 4.78 is 11.5. The highest BCUT2D eigenvalue weighted by molar-refractivity contribution is 6.74. The Hall–Kier alpha value is -2.19. The molecule has 2 atom stereocenters. The number of hydrogen-bond acceptors (Lipinski definition) is 6. The zero-order valence-corrected chi connectivity index (χ0v) is 22.6. The van der Waals surface area contributed by atoms with E-state index in [9.17, 15) is 15.0 Å². The molecule has 0 aliphatic carbocycles. The summed E-state index contributed by atoms with van der Waals surface area (Å²) in [5, 5.41) is 23.3. The molecule has 0 radical (unpaired) electrons. The fraction of sp³-hybridized carbons (Fsp3) is 0.519. The molecule has 2 rings (SSSR count). The third kappa shape index (κ3) is 7.94. The molecule has 0 fully saturated rings. The van der Waals surface area contributed by atoms with E-state index in [1.807, 2.05) is 30.3 Å². The minimum Gasteiger partial charge on any atom is -0.508 e. The van der Waals surface area contributed by atoms with Crippen LogP contribution in [0, 0.1) is 0 Å². The second-order valence-electron chi connectivity index (χ2n) is 10.5. The molecular weight excluding hydrogens is 446 g/mol. The number of esters is 1. The molecule has 6 nitrogen and oxygen atoms in total. The smallest absolute Gasteiger partial charge is 0.309 e. The van der Waals surface area contributed by atoms with E-state index in [0.29, 0.717) is 12.1 Å². The second-order valence-corrected chi connectivity index (χ2v) is 15.3. The zero-order chi connectivity index (χ0) is 25.5. The van der Waals surface area contributed by atoms with E-state index in [1.54, 1.807) is 6.07 Å². The lowest BCUT2D eigenvalue weighted by Gasteiger charge is -2.40. The highest BCUT2D eigenvalue weighted by Crippen LogP contribution is 2.40. The fourth-order valence-corrected chi connectivity index (χ4v) is 4.82. The summed E-state index contributed by atoms with van der Waals surface area (Å²) in [4.78, 5) is 11.6. The van der Waals surface area contributed by atoms with Crippen LogP contribution in [0.25, 0.3) is 0 Å². The maximum Gasteiger partial charge on any atom is 0.309 e. The van der Waals surface area contributed by atoms with E-state index in [1.165, 1.54) is 7.11 Å². The Balaban J connectivity index is 2.15. The Morgan fingerprint density at radius 1 is 1.12 bits per heavy atom. The number of hydrogen-bond donors (Lipinski definition) is 3. The maximum absolute atomic E-state index is 11.6. The van der Waals surface area contributed by atoms with Crippen LogP contribution in [0.2, 0.25) is 18.1 Å². The van der Waals surface area contributed by atoms with Gasteiger partial charge in [-0.2, -0.15) is 0 Å². The van der Waals surface area contributed by atoms with Crippen LogP contribution in [0.3, 0.4) is 0 Å². The van der Waals surface area contributed by atoms with E-state index in [-0.39, 0.29) is 41.9 Å². The lowest BCUT2D eigenvalue weighted by molar-refractivity contribution is -0.139. The van der Waals surface area contributed by atoms with Crippen LogP contribution < -0.4 is 5.32 Å². The lowest BCUT2D eigenvalue weighted by Crippen LogP contribution is -2.44. The summed E-state index contributed by atoms with van der Waals surface area (Å²) in [5.74, 6) is -0.157. The molecule has 0 aromatic heterocycles. The first-order valence-corrected chi connectivity index (χ1v) is 14.8. The number of aromatic hydroxyl groups is 1. The van der Waals surface area contributed by atoms with Crippen LogP contribution in [-0.4, -0.2) is 44.2 Å². The predicted octanol–water partition coefficient (Wildman–Crippen LogP) is 4.88. The molecule has 0 aliphatic heterocycles. The minimum absolute atomic E-state index is 0.0493. The Labute approximate surface area is 205 Å². The van der Waals surface area contributed by atoms with Gasteiger partial charge in [-0.1, -0.05) is 51.1 Å². The number of aliphatic hydroxyl groups is 1. The molecule has 0 amide bonds. The van der Waals surface area contributed by atoms with Gasteiger partial charge in [-0.15, -0.1) is 0 Å². The van der Waals surface area contributed by atoms with Crippen molar-refractivity contribution in [3.05, 3.63) is 64.7 Å². The number of rotatable bonds is 11. The van der Waals surface area contributed by atoms with E-state index in [2.05, 4.69) is 52.2 Å². The highest BCUT2D eigenvalue weighted by atomic mass is 28.4. The molecule has 188 valence electrons. The van der Waals surface area contributed by atoms with Gasteiger partial charge in [-0.05, 0) is 60.3 Å². The van der Waals surface area contributed by atoms with Crippen molar-refractivity contribution in [2.75, 3.05) is 13.7 Å². The van der Waals surface area contributed by atoms with Crippen molar-refractivity contribution in [3.8, 4) is 5.75 Å². The number of carbonyl (C=O) groups is 1. The maximum atomic E-state index is 11.6. The van der Waals surface area contributed by atoms with Crippen LogP contribution in [0.15, 0.2) is 42.5 Å². The Morgan fingerprint density at radius 3 is 2.41 bits per heavy atom. The third-order valence-corrected chi connectivity index (χ3v) is 11.1. The van der Waals surface area contributed by atoms with Crippen molar-refractivity contribution >= 4 is 14.3 Å². The first-order valence-electron chi connectivity index (χ1n) is 11.8. The van der Waals surface area contributed by atoms with Crippen LogP contribution in [0.5, 0.6) is 5.75 Å². The molecule has 0 spiro atoms. The average Bonchev–Trinajstić information content (AvgIpc) is 2.76. The fourth-order valence-electron chi connectivity index (χ4n) is 3.53. The highest BCUT2D eigenvalue weighted by Gasteiger charge is 2.39. The number of carbonyl (C=O) groups excluding carboxylic acids is 1. The molecule has 0 saturated carbocycles. The lowest BCUT2D eigenvalue weighted by atomic mass is 10.0. The van der Waals surface area contributed by atoms with Gasteiger partial charge < -0.3 is 24.7 Å². The van der Waals surface area contributed by atoms with Crippen molar-refractivity contribution < 1.29 is 24.2 Å². The summed E-state index contributed by atoms with van der Waals surface area (Å²) in [6.07, 6.45) is 0.863. The third-order valence-electron chi connectivity index (χ3n) is 6.65. The molecule has 34 heavy (non-hydrogen) atoms. The van der Waals surface area contributed by atoms with Crippen molar-refractivity contribution in [3.63, 3.8) is 0 Å². The Bertz CT molecular complexity index is 954. The Morgan fingerprint density at radius 2 is 1.79 bits per heavy atom. The number of ether oxygens (including phenoxy) is 1. The molecule has 0 unspecified atom stereocenters. The molecule has 0 heterocycles. The van der Waals surface area contributed by atoms with E-state index < -0.39 is 8.32 Å². The van der Waals surface area contributed by atoms with Crippen molar-refractivity contribution in [2.24, 2.45) is 0 Å². The van der Waals surface area contributed by atoms with Crippen LogP contribution in [-0.2, 0) is 33.4 Å². The van der Waals surface area contributed by atoms with Gasteiger partial charge in [-0.3, -0.25) is 4.79 Å². The molecular formula is C27H41NO5Si. The quantitative estimate of drug-likeness (QED) is 0.309. The molecule has 7 heteroatoms. The number of aliphatic hydroxyl groups excluding tert-OH is 1. The Kier molecular flexibility index (Phi) is 9.88. The summed E-state index contributed by atoms with van der Waals surface area (Å²) in [5.41, 5.74) is 3.52. The molecule has 3 N–H and O–H groups in total. The SMILES string of the molecule is COC(=O)Cc1cccc(C[C@@H](C)NC[C@H](O[Si](C)(C)C(C)(C)C)c2ccc(O)c(CO)c2)c1. The van der Waals surface area contributed by atoms with Crippen molar-refractivity contribution in [1.29, 1.82) is 0 Å². The van der Waals surface area contributed by atoms with Gasteiger partial charge in [0.2, 0.25) is 0 Å². The van der Waals surface area contributed by atoms with Crippen molar-refractivity contribution in [1.82, 2.24) is 5.32 Å². The first-order chi connectivity index (χ1) is 15.9. The number of nitrogens with one attached hydrogen (secondary N) is 1. The van der Waals surface area contributed by atoms with E-state index >= 15 is 0 Å². The first kappa shape index (κ1) is 28.0. The molecule has 0 aliphatic rings. The molecule has 2 aromatic carbocycles. The van der Waals surface area contributed by atoms with Gasteiger partial charge >= 0.3 is 5.97 Å². The minimum atomic E-state index is -2.07. The topological polar surface area (TPSA) is 88.0 Å². The van der Waals surface area contributed by atoms with Crippen LogP contribution in [0.1, 0.15) is 56.1 Å². The molecule has 0 saturated heterocycles. The molecule has 0 bridgehead atoms. The van der Waals surface area contributed by atoms with Gasteiger partial charge in [0, 0.05) is 18.2 Å². The van der Waals surface area contributed by atoms with Crippen LogP contribution >= 0.6 is 0 Å². The summed E-state index contributed by atoms with van der Waals surface area (Å²) in [7, 11) is -0.673. The largest absolute Gasteiger partial charge is 0.508 e. The van der Waals surface area contributed by atoms with E-state index in [4.69, 9.17) is 9.16 Å². The second kappa shape index (κ2) is 12.0. The van der Waals surface area contributed by atoms with Gasteiger partial charge in [0.1, 0.15) is 5.75 Å². The monoisotopic (exact) mass is 487 g/mol. The van der Waals surface area contributed by atoms with Gasteiger partial charge in [0.15, 0.2) is 8.32 Å². The predicted molar refractivity (Wildman–Crippen MR) is 138 cm³/mol. The normalized spacial score (nSPS) is 14.0. The van der Waals surface area contributed by atoms with Gasteiger partial charge in [0.05, 0.1) is 26.2 Å². The summed E-state index contributed by atoms with van der Waals surface area (Å²) in [6.45, 7) is 13.6. The van der Waals surface area contributed by atoms with Gasteiger partial charge in [0.25, 0.3) is 0 Å². The average molecular weight is 488 g/mol.